The minimum atomic E-state index is 0.384. The first kappa shape index (κ1) is 12.0. The van der Waals surface area contributed by atoms with Gasteiger partial charge in [0, 0.05) is 19.2 Å². The molecule has 1 fully saturated rings. The van der Waals surface area contributed by atoms with Gasteiger partial charge < -0.3 is 15.2 Å². The average Bonchev–Trinajstić information content (AvgIpc) is 2.97. The highest BCUT2D eigenvalue weighted by molar-refractivity contribution is 5.40. The molecule has 3 heteroatoms. The highest BCUT2D eigenvalue weighted by atomic mass is 16.5. The third-order valence-corrected chi connectivity index (χ3v) is 4.36. The zero-order chi connectivity index (χ0) is 12.5. The lowest BCUT2D eigenvalue weighted by molar-refractivity contribution is 0.106. The van der Waals surface area contributed by atoms with E-state index in [1.165, 1.54) is 24.0 Å². The summed E-state index contributed by atoms with van der Waals surface area (Å²) in [4.78, 5) is 0. The van der Waals surface area contributed by atoms with Gasteiger partial charge >= 0.3 is 0 Å². The third kappa shape index (κ3) is 2.25. The van der Waals surface area contributed by atoms with E-state index in [1.807, 2.05) is 6.07 Å². The van der Waals surface area contributed by atoms with Crippen LogP contribution in [-0.4, -0.2) is 24.4 Å². The first-order valence-corrected chi connectivity index (χ1v) is 6.87. The number of hydrogen-bond donors (Lipinski definition) is 2. The number of hydrogen-bond acceptors (Lipinski definition) is 3. The van der Waals surface area contributed by atoms with Crippen LogP contribution in [0.15, 0.2) is 18.2 Å². The normalized spacial score (nSPS) is 30.6. The molecule has 2 N–H and O–H groups in total. The summed E-state index contributed by atoms with van der Waals surface area (Å²) in [5.41, 5.74) is 2.67. The Morgan fingerprint density at radius 2 is 2.17 bits per heavy atom. The van der Waals surface area contributed by atoms with Crippen molar-refractivity contribution in [1.29, 1.82) is 0 Å². The summed E-state index contributed by atoms with van der Waals surface area (Å²) in [5.74, 6) is 0.384. The SMILES string of the molecule is COC1CCC(NC2CCc3cc(O)ccc32)C1. The van der Waals surface area contributed by atoms with Crippen LogP contribution in [0.2, 0.25) is 0 Å². The van der Waals surface area contributed by atoms with Crippen LogP contribution in [0.4, 0.5) is 0 Å². The van der Waals surface area contributed by atoms with Gasteiger partial charge in [0.2, 0.25) is 0 Å². The van der Waals surface area contributed by atoms with Crippen molar-refractivity contribution in [2.75, 3.05) is 7.11 Å². The van der Waals surface area contributed by atoms with Crippen LogP contribution < -0.4 is 5.32 Å². The van der Waals surface area contributed by atoms with Crippen LogP contribution in [-0.2, 0) is 11.2 Å². The van der Waals surface area contributed by atoms with E-state index >= 15 is 0 Å². The number of methoxy groups -OCH3 is 1. The van der Waals surface area contributed by atoms with Crippen molar-refractivity contribution in [2.24, 2.45) is 0 Å². The summed E-state index contributed by atoms with van der Waals surface area (Å²) in [6, 6.07) is 6.81. The molecule has 1 saturated carbocycles. The van der Waals surface area contributed by atoms with E-state index in [4.69, 9.17) is 4.74 Å². The van der Waals surface area contributed by atoms with Gasteiger partial charge in [-0.1, -0.05) is 6.07 Å². The van der Waals surface area contributed by atoms with Crippen molar-refractivity contribution in [3.8, 4) is 5.75 Å². The summed E-state index contributed by atoms with van der Waals surface area (Å²) in [7, 11) is 1.81. The van der Waals surface area contributed by atoms with Crippen molar-refractivity contribution < 1.29 is 9.84 Å². The minimum absolute atomic E-state index is 0.384. The van der Waals surface area contributed by atoms with Crippen molar-refractivity contribution in [1.82, 2.24) is 5.32 Å². The topological polar surface area (TPSA) is 41.5 Å². The van der Waals surface area contributed by atoms with Crippen LogP contribution in [0.5, 0.6) is 5.75 Å². The smallest absolute Gasteiger partial charge is 0.115 e. The molecule has 3 unspecified atom stereocenters. The van der Waals surface area contributed by atoms with Gasteiger partial charge in [0.25, 0.3) is 0 Å². The number of phenols is 1. The molecule has 18 heavy (non-hydrogen) atoms. The van der Waals surface area contributed by atoms with Crippen LogP contribution in [0, 0.1) is 0 Å². The fraction of sp³-hybridized carbons (Fsp3) is 0.600. The molecule has 0 aromatic heterocycles. The average molecular weight is 247 g/mol. The maximum absolute atomic E-state index is 9.50. The summed E-state index contributed by atoms with van der Waals surface area (Å²) in [6.07, 6.45) is 6.16. The molecule has 2 aliphatic rings. The van der Waals surface area contributed by atoms with Gasteiger partial charge in [0.1, 0.15) is 5.75 Å². The van der Waals surface area contributed by atoms with Crippen LogP contribution in [0.3, 0.4) is 0 Å². The lowest BCUT2D eigenvalue weighted by Gasteiger charge is -2.20. The summed E-state index contributed by atoms with van der Waals surface area (Å²) >= 11 is 0. The monoisotopic (exact) mass is 247 g/mol. The maximum atomic E-state index is 9.50. The first-order valence-electron chi connectivity index (χ1n) is 6.87. The predicted molar refractivity (Wildman–Crippen MR) is 70.7 cm³/mol. The zero-order valence-corrected chi connectivity index (χ0v) is 10.9. The largest absolute Gasteiger partial charge is 0.508 e. The van der Waals surface area contributed by atoms with E-state index in [9.17, 15) is 5.11 Å². The summed E-state index contributed by atoms with van der Waals surface area (Å²) in [6.45, 7) is 0. The highest BCUT2D eigenvalue weighted by Gasteiger charge is 2.29. The van der Waals surface area contributed by atoms with Crippen molar-refractivity contribution in [3.63, 3.8) is 0 Å². The summed E-state index contributed by atoms with van der Waals surface area (Å²) in [5, 5.41) is 13.3. The molecule has 3 nitrogen and oxygen atoms in total. The fourth-order valence-electron chi connectivity index (χ4n) is 3.37. The number of nitrogens with one attached hydrogen (secondary N) is 1. The van der Waals surface area contributed by atoms with E-state index in [0.717, 1.165) is 19.3 Å². The molecular weight excluding hydrogens is 226 g/mol. The second-order valence-electron chi connectivity index (χ2n) is 5.51. The van der Waals surface area contributed by atoms with Gasteiger partial charge in [-0.05, 0) is 55.4 Å². The van der Waals surface area contributed by atoms with Gasteiger partial charge in [-0.15, -0.1) is 0 Å². The Kier molecular flexibility index (Phi) is 3.27. The molecule has 0 radical (unpaired) electrons. The van der Waals surface area contributed by atoms with Gasteiger partial charge in [0.05, 0.1) is 6.10 Å². The Hall–Kier alpha value is -1.06. The number of rotatable bonds is 3. The molecule has 0 saturated heterocycles. The first-order chi connectivity index (χ1) is 8.76. The van der Waals surface area contributed by atoms with Crippen LogP contribution in [0.1, 0.15) is 42.9 Å². The maximum Gasteiger partial charge on any atom is 0.115 e. The van der Waals surface area contributed by atoms with Gasteiger partial charge in [-0.3, -0.25) is 0 Å². The second-order valence-corrected chi connectivity index (χ2v) is 5.51. The van der Waals surface area contributed by atoms with Gasteiger partial charge in [-0.2, -0.15) is 0 Å². The highest BCUT2D eigenvalue weighted by Crippen LogP contribution is 2.35. The van der Waals surface area contributed by atoms with Crippen molar-refractivity contribution >= 4 is 0 Å². The molecule has 2 aliphatic carbocycles. The van der Waals surface area contributed by atoms with Crippen molar-refractivity contribution in [2.45, 2.75) is 50.3 Å². The lowest BCUT2D eigenvalue weighted by Crippen LogP contribution is -2.30. The Morgan fingerprint density at radius 3 is 2.94 bits per heavy atom. The lowest BCUT2D eigenvalue weighted by atomic mass is 10.1. The zero-order valence-electron chi connectivity index (χ0n) is 10.9. The molecule has 0 bridgehead atoms. The number of fused-ring (bicyclic) bond motifs is 1. The fourth-order valence-corrected chi connectivity index (χ4v) is 3.37. The molecule has 3 rings (SSSR count). The van der Waals surface area contributed by atoms with E-state index < -0.39 is 0 Å². The van der Waals surface area contributed by atoms with Gasteiger partial charge in [0.15, 0.2) is 0 Å². The molecule has 0 heterocycles. The van der Waals surface area contributed by atoms with E-state index in [-0.39, 0.29) is 0 Å². The predicted octanol–water partition coefficient (Wildman–Crippen LogP) is 2.54. The van der Waals surface area contributed by atoms with Crippen molar-refractivity contribution in [3.05, 3.63) is 29.3 Å². The standard InChI is InChI=1S/C15H21NO2/c1-18-13-5-3-11(9-13)16-15-7-2-10-8-12(17)4-6-14(10)15/h4,6,8,11,13,15-17H,2-3,5,7,9H2,1H3. The molecule has 1 aromatic carbocycles. The van der Waals surface area contributed by atoms with E-state index in [0.29, 0.717) is 23.9 Å². The number of phenolic OH excluding ortho intramolecular Hbond substituents is 1. The third-order valence-electron chi connectivity index (χ3n) is 4.36. The molecular formula is C15H21NO2. The molecule has 0 spiro atoms. The number of ether oxygens (including phenoxy) is 1. The number of benzene rings is 1. The number of aryl methyl sites for hydroxylation is 1. The minimum Gasteiger partial charge on any atom is -0.508 e. The summed E-state index contributed by atoms with van der Waals surface area (Å²) < 4.78 is 5.42. The van der Waals surface area contributed by atoms with E-state index in [1.54, 1.807) is 13.2 Å². The molecule has 98 valence electrons. The van der Waals surface area contributed by atoms with E-state index in [2.05, 4.69) is 11.4 Å². The Bertz CT molecular complexity index is 433. The van der Waals surface area contributed by atoms with Crippen LogP contribution in [0.25, 0.3) is 0 Å². The second kappa shape index (κ2) is 4.90. The Morgan fingerprint density at radius 1 is 1.28 bits per heavy atom. The Balaban J connectivity index is 1.66. The molecule has 1 aromatic rings. The number of aromatic hydroxyl groups is 1. The van der Waals surface area contributed by atoms with Crippen LogP contribution >= 0.6 is 0 Å². The molecule has 3 atom stereocenters. The molecule has 0 amide bonds. The Labute approximate surface area is 108 Å². The van der Waals surface area contributed by atoms with Gasteiger partial charge in [-0.25, -0.2) is 0 Å². The molecule has 0 aliphatic heterocycles. The quantitative estimate of drug-likeness (QED) is 0.862.